The van der Waals surface area contributed by atoms with Crippen LogP contribution in [0.4, 0.5) is 5.69 Å². The van der Waals surface area contributed by atoms with Crippen LogP contribution in [0.1, 0.15) is 37.3 Å². The minimum atomic E-state index is -0.536. The second-order valence-electron chi connectivity index (χ2n) is 7.92. The lowest BCUT2D eigenvalue weighted by Crippen LogP contribution is -2.35. The number of rotatable bonds is 7. The lowest BCUT2D eigenvalue weighted by Gasteiger charge is -2.29. The summed E-state index contributed by atoms with van der Waals surface area (Å²) >= 11 is 0. The molecule has 2 aromatic carbocycles. The Morgan fingerprint density at radius 3 is 2.48 bits per heavy atom. The highest BCUT2D eigenvalue weighted by atomic mass is 16.5. The van der Waals surface area contributed by atoms with Gasteiger partial charge in [-0.2, -0.15) is 0 Å². The van der Waals surface area contributed by atoms with E-state index in [1.54, 1.807) is 0 Å². The fraction of sp³-hybridized carbons (Fsp3) is 0.458. The molecule has 5 nitrogen and oxygen atoms in total. The molecule has 29 heavy (non-hydrogen) atoms. The van der Waals surface area contributed by atoms with Crippen LogP contribution in [-0.2, 0) is 4.79 Å². The number of hydrogen-bond acceptors (Lipinski definition) is 4. The fourth-order valence-corrected chi connectivity index (χ4v) is 3.44. The molecule has 0 aliphatic carbocycles. The normalized spacial score (nSPS) is 16.3. The number of nitrogens with one attached hydrogen (secondary N) is 1. The number of aryl methyl sites for hydroxylation is 2. The van der Waals surface area contributed by atoms with E-state index >= 15 is 0 Å². The smallest absolute Gasteiger partial charge is 0.265 e. The van der Waals surface area contributed by atoms with E-state index in [2.05, 4.69) is 17.3 Å². The number of piperidine rings is 1. The molecule has 1 saturated heterocycles. The highest BCUT2D eigenvalue weighted by Crippen LogP contribution is 2.23. The van der Waals surface area contributed by atoms with Crippen LogP contribution in [0.2, 0.25) is 0 Å². The van der Waals surface area contributed by atoms with E-state index in [0.717, 1.165) is 54.2 Å². The summed E-state index contributed by atoms with van der Waals surface area (Å²) in [5.74, 6) is 1.46. The zero-order chi connectivity index (χ0) is 20.8. The Morgan fingerprint density at radius 2 is 1.83 bits per heavy atom. The summed E-state index contributed by atoms with van der Waals surface area (Å²) in [4.78, 5) is 15.0. The molecule has 0 saturated carbocycles. The molecule has 1 aliphatic heterocycles. The standard InChI is InChI=1S/C24H32N2O3/c1-5-22(29-23-16-17(2)6-7-18(23)3)24(27)25-19-8-10-20(11-9-19)28-21-12-14-26(4)15-13-21/h6-11,16,21-22H,5,12-15H2,1-4H3,(H,25,27)/t22-/m1/s1. The van der Waals surface area contributed by atoms with Crippen molar-refractivity contribution in [2.24, 2.45) is 0 Å². The maximum atomic E-state index is 12.7. The van der Waals surface area contributed by atoms with Crippen LogP contribution in [0.3, 0.4) is 0 Å². The molecular formula is C24H32N2O3. The van der Waals surface area contributed by atoms with Crippen LogP contribution in [0.25, 0.3) is 0 Å². The predicted octanol–water partition coefficient (Wildman–Crippen LogP) is 4.57. The number of nitrogens with zero attached hydrogens (tertiary/aromatic N) is 1. The Morgan fingerprint density at radius 1 is 1.14 bits per heavy atom. The van der Waals surface area contributed by atoms with Crippen LogP contribution in [0, 0.1) is 13.8 Å². The van der Waals surface area contributed by atoms with E-state index in [0.29, 0.717) is 6.42 Å². The summed E-state index contributed by atoms with van der Waals surface area (Å²) in [5, 5.41) is 2.96. The van der Waals surface area contributed by atoms with E-state index in [-0.39, 0.29) is 12.0 Å². The Balaban J connectivity index is 1.56. The average Bonchev–Trinajstić information content (AvgIpc) is 2.71. The molecule has 0 bridgehead atoms. The van der Waals surface area contributed by atoms with E-state index in [9.17, 15) is 4.79 Å². The van der Waals surface area contributed by atoms with Gasteiger partial charge in [0, 0.05) is 18.8 Å². The number of ether oxygens (including phenoxy) is 2. The first-order valence-electron chi connectivity index (χ1n) is 10.4. The first kappa shape index (κ1) is 21.2. The van der Waals surface area contributed by atoms with Crippen LogP contribution >= 0.6 is 0 Å². The second-order valence-corrected chi connectivity index (χ2v) is 7.92. The van der Waals surface area contributed by atoms with E-state index in [4.69, 9.17) is 9.47 Å². The van der Waals surface area contributed by atoms with Crippen molar-refractivity contribution in [1.29, 1.82) is 0 Å². The second kappa shape index (κ2) is 9.79. The maximum Gasteiger partial charge on any atom is 0.265 e. The topological polar surface area (TPSA) is 50.8 Å². The van der Waals surface area contributed by atoms with E-state index < -0.39 is 6.10 Å². The van der Waals surface area contributed by atoms with Crippen molar-refractivity contribution in [1.82, 2.24) is 4.90 Å². The largest absolute Gasteiger partial charge is 0.490 e. The Hall–Kier alpha value is -2.53. The van der Waals surface area contributed by atoms with Crippen LogP contribution in [0.15, 0.2) is 42.5 Å². The third-order valence-electron chi connectivity index (χ3n) is 5.37. The number of likely N-dealkylation sites (tertiary alicyclic amines) is 1. The molecule has 3 rings (SSSR count). The molecule has 1 amide bonds. The number of amides is 1. The van der Waals surface area contributed by atoms with Gasteiger partial charge in [-0.1, -0.05) is 19.1 Å². The van der Waals surface area contributed by atoms with Gasteiger partial charge < -0.3 is 19.7 Å². The number of hydrogen-bond donors (Lipinski definition) is 1. The minimum Gasteiger partial charge on any atom is -0.490 e. The zero-order valence-electron chi connectivity index (χ0n) is 17.9. The van der Waals surface area contributed by atoms with Crippen molar-refractivity contribution in [3.63, 3.8) is 0 Å². The number of anilines is 1. The molecule has 0 unspecified atom stereocenters. The highest BCUT2D eigenvalue weighted by molar-refractivity contribution is 5.94. The van der Waals surface area contributed by atoms with Gasteiger partial charge in [-0.05, 0) is 81.6 Å². The molecule has 0 spiro atoms. The van der Waals surface area contributed by atoms with E-state index in [1.807, 2.05) is 63.2 Å². The number of benzene rings is 2. The Kier molecular flexibility index (Phi) is 7.15. The maximum absolute atomic E-state index is 12.7. The van der Waals surface area contributed by atoms with Crippen molar-refractivity contribution in [3.8, 4) is 11.5 Å². The quantitative estimate of drug-likeness (QED) is 0.745. The molecule has 156 valence electrons. The summed E-state index contributed by atoms with van der Waals surface area (Å²) in [5.41, 5.74) is 2.88. The molecular weight excluding hydrogens is 364 g/mol. The van der Waals surface area contributed by atoms with Crippen molar-refractivity contribution in [2.75, 3.05) is 25.5 Å². The summed E-state index contributed by atoms with van der Waals surface area (Å²) in [6.07, 6.45) is 2.41. The van der Waals surface area contributed by atoms with Gasteiger partial charge in [0.15, 0.2) is 6.10 Å². The van der Waals surface area contributed by atoms with Gasteiger partial charge in [0.1, 0.15) is 17.6 Å². The SMILES string of the molecule is CC[C@@H](Oc1cc(C)ccc1C)C(=O)Nc1ccc(OC2CCN(C)CC2)cc1. The summed E-state index contributed by atoms with van der Waals surface area (Å²) in [7, 11) is 2.14. The van der Waals surface area contributed by atoms with Crippen molar-refractivity contribution < 1.29 is 14.3 Å². The molecule has 1 fully saturated rings. The highest BCUT2D eigenvalue weighted by Gasteiger charge is 2.20. The van der Waals surface area contributed by atoms with Gasteiger partial charge in [-0.15, -0.1) is 0 Å². The molecule has 1 atom stereocenters. The molecule has 2 aromatic rings. The van der Waals surface area contributed by atoms with Crippen molar-refractivity contribution in [3.05, 3.63) is 53.6 Å². The Bertz CT molecular complexity index is 811. The summed E-state index contributed by atoms with van der Waals surface area (Å²) < 4.78 is 12.1. The zero-order valence-corrected chi connectivity index (χ0v) is 17.9. The van der Waals surface area contributed by atoms with Crippen LogP contribution in [-0.4, -0.2) is 43.2 Å². The van der Waals surface area contributed by atoms with Gasteiger partial charge in [0.05, 0.1) is 0 Å². The van der Waals surface area contributed by atoms with Crippen molar-refractivity contribution >= 4 is 11.6 Å². The first-order valence-corrected chi connectivity index (χ1v) is 10.4. The fourth-order valence-electron chi connectivity index (χ4n) is 3.44. The third-order valence-corrected chi connectivity index (χ3v) is 5.37. The monoisotopic (exact) mass is 396 g/mol. The molecule has 1 aliphatic rings. The van der Waals surface area contributed by atoms with Crippen molar-refractivity contribution in [2.45, 2.75) is 52.2 Å². The Labute approximate surface area is 174 Å². The first-order chi connectivity index (χ1) is 13.9. The van der Waals surface area contributed by atoms with E-state index in [1.165, 1.54) is 0 Å². The average molecular weight is 397 g/mol. The number of carbonyl (C=O) groups is 1. The lowest BCUT2D eigenvalue weighted by molar-refractivity contribution is -0.122. The van der Waals surface area contributed by atoms with Crippen LogP contribution in [0.5, 0.6) is 11.5 Å². The molecule has 5 heteroatoms. The predicted molar refractivity (Wildman–Crippen MR) is 117 cm³/mol. The van der Waals surface area contributed by atoms with Crippen LogP contribution < -0.4 is 14.8 Å². The van der Waals surface area contributed by atoms with Gasteiger partial charge in [0.2, 0.25) is 0 Å². The number of carbonyl (C=O) groups excluding carboxylic acids is 1. The summed E-state index contributed by atoms with van der Waals surface area (Å²) in [6.45, 7) is 8.09. The molecule has 1 heterocycles. The van der Waals surface area contributed by atoms with Gasteiger partial charge >= 0.3 is 0 Å². The third kappa shape index (κ3) is 5.97. The van der Waals surface area contributed by atoms with Gasteiger partial charge in [0.25, 0.3) is 5.91 Å². The minimum absolute atomic E-state index is 0.141. The van der Waals surface area contributed by atoms with Gasteiger partial charge in [-0.3, -0.25) is 4.79 Å². The molecule has 0 aromatic heterocycles. The lowest BCUT2D eigenvalue weighted by atomic mass is 10.1. The molecule has 0 radical (unpaired) electrons. The summed E-state index contributed by atoms with van der Waals surface area (Å²) in [6, 6.07) is 13.6. The molecule has 1 N–H and O–H groups in total. The van der Waals surface area contributed by atoms with Gasteiger partial charge in [-0.25, -0.2) is 0 Å².